The SMILES string of the molecule is Cc1ccccc1-n1ncc2c1C1SC(N)=NC1C2. The molecule has 96 valence electrons. The Kier molecular flexibility index (Phi) is 2.26. The van der Waals surface area contributed by atoms with E-state index in [1.54, 1.807) is 11.8 Å². The van der Waals surface area contributed by atoms with Crippen LogP contribution in [0, 0.1) is 6.92 Å². The predicted molar refractivity (Wildman–Crippen MR) is 77.7 cm³/mol. The van der Waals surface area contributed by atoms with Crippen LogP contribution in [0.5, 0.6) is 0 Å². The fourth-order valence-corrected chi connectivity index (χ4v) is 4.07. The maximum atomic E-state index is 5.85. The van der Waals surface area contributed by atoms with Crippen LogP contribution in [-0.4, -0.2) is 21.0 Å². The van der Waals surface area contributed by atoms with Crippen molar-refractivity contribution >= 4 is 16.9 Å². The molecule has 2 aromatic rings. The van der Waals surface area contributed by atoms with Crippen molar-refractivity contribution in [3.63, 3.8) is 0 Å². The van der Waals surface area contributed by atoms with Gasteiger partial charge in [0.25, 0.3) is 0 Å². The van der Waals surface area contributed by atoms with Gasteiger partial charge in [-0.3, -0.25) is 4.99 Å². The van der Waals surface area contributed by atoms with Gasteiger partial charge in [-0.1, -0.05) is 30.0 Å². The van der Waals surface area contributed by atoms with Gasteiger partial charge < -0.3 is 5.73 Å². The number of thioether (sulfide) groups is 1. The van der Waals surface area contributed by atoms with E-state index >= 15 is 0 Å². The van der Waals surface area contributed by atoms with Crippen LogP contribution >= 0.6 is 11.8 Å². The maximum Gasteiger partial charge on any atom is 0.154 e. The molecular weight excluding hydrogens is 256 g/mol. The number of nitrogens with zero attached hydrogens (tertiary/aromatic N) is 3. The van der Waals surface area contributed by atoms with Crippen molar-refractivity contribution in [2.45, 2.75) is 24.6 Å². The summed E-state index contributed by atoms with van der Waals surface area (Å²) in [6.07, 6.45) is 2.94. The number of aromatic nitrogens is 2. The highest BCUT2D eigenvalue weighted by atomic mass is 32.2. The summed E-state index contributed by atoms with van der Waals surface area (Å²) in [5.74, 6) is 0. The second-order valence-electron chi connectivity index (χ2n) is 5.03. The zero-order valence-electron chi connectivity index (χ0n) is 10.6. The average molecular weight is 270 g/mol. The predicted octanol–water partition coefficient (Wildman–Crippen LogP) is 2.21. The molecule has 0 bridgehead atoms. The van der Waals surface area contributed by atoms with Gasteiger partial charge in [-0.05, 0) is 30.5 Å². The van der Waals surface area contributed by atoms with E-state index in [1.807, 2.05) is 6.20 Å². The quantitative estimate of drug-likeness (QED) is 0.864. The highest BCUT2D eigenvalue weighted by Gasteiger charge is 2.41. The summed E-state index contributed by atoms with van der Waals surface area (Å²) >= 11 is 1.67. The lowest BCUT2D eigenvalue weighted by Crippen LogP contribution is -2.10. The van der Waals surface area contributed by atoms with Gasteiger partial charge in [0.2, 0.25) is 0 Å². The van der Waals surface area contributed by atoms with Crippen molar-refractivity contribution in [2.75, 3.05) is 0 Å². The zero-order chi connectivity index (χ0) is 13.0. The van der Waals surface area contributed by atoms with E-state index in [4.69, 9.17) is 5.73 Å². The number of amidine groups is 1. The van der Waals surface area contributed by atoms with Gasteiger partial charge >= 0.3 is 0 Å². The lowest BCUT2D eigenvalue weighted by Gasteiger charge is -2.13. The summed E-state index contributed by atoms with van der Waals surface area (Å²) in [7, 11) is 0. The van der Waals surface area contributed by atoms with Crippen LogP contribution in [0.25, 0.3) is 5.69 Å². The minimum absolute atomic E-state index is 0.299. The van der Waals surface area contributed by atoms with Gasteiger partial charge in [-0.15, -0.1) is 0 Å². The normalized spacial score (nSPS) is 24.2. The molecule has 0 amide bonds. The van der Waals surface area contributed by atoms with Gasteiger partial charge in [0.1, 0.15) is 0 Å². The smallest absolute Gasteiger partial charge is 0.154 e. The zero-order valence-corrected chi connectivity index (χ0v) is 11.4. The molecule has 1 aliphatic carbocycles. The van der Waals surface area contributed by atoms with Crippen molar-refractivity contribution in [1.82, 2.24) is 9.78 Å². The number of fused-ring (bicyclic) bond motifs is 3. The standard InChI is InChI=1S/C14H14N4S/c1-8-4-2-3-5-11(8)18-12-9(7-16-18)6-10-13(12)19-14(15)17-10/h2-5,7,10,13H,6H2,1H3,(H2,15,17). The third kappa shape index (κ3) is 1.54. The number of rotatable bonds is 1. The topological polar surface area (TPSA) is 56.2 Å². The Morgan fingerprint density at radius 1 is 1.37 bits per heavy atom. The van der Waals surface area contributed by atoms with Crippen molar-refractivity contribution in [3.05, 3.63) is 47.3 Å². The first-order valence-electron chi connectivity index (χ1n) is 6.37. The van der Waals surface area contributed by atoms with E-state index in [1.165, 1.54) is 16.8 Å². The largest absolute Gasteiger partial charge is 0.379 e. The Morgan fingerprint density at radius 3 is 3.05 bits per heavy atom. The molecule has 0 radical (unpaired) electrons. The van der Waals surface area contributed by atoms with E-state index < -0.39 is 0 Å². The Balaban J connectivity index is 1.85. The molecule has 0 spiro atoms. The number of nitrogens with two attached hydrogens (primary N) is 1. The molecule has 2 N–H and O–H groups in total. The number of hydrogen-bond acceptors (Lipinski definition) is 4. The molecule has 0 fully saturated rings. The van der Waals surface area contributed by atoms with Gasteiger partial charge in [0.05, 0.1) is 28.9 Å². The number of para-hydroxylation sites is 1. The molecular formula is C14H14N4S. The fraction of sp³-hybridized carbons (Fsp3) is 0.286. The molecule has 4 nitrogen and oxygen atoms in total. The van der Waals surface area contributed by atoms with Crippen molar-refractivity contribution in [3.8, 4) is 5.69 Å². The molecule has 2 unspecified atom stereocenters. The minimum atomic E-state index is 0.299. The molecule has 2 heterocycles. The molecule has 1 aliphatic heterocycles. The lowest BCUT2D eigenvalue weighted by molar-refractivity contribution is 0.685. The van der Waals surface area contributed by atoms with E-state index in [0.717, 1.165) is 12.1 Å². The molecule has 0 saturated carbocycles. The highest BCUT2D eigenvalue weighted by Crippen LogP contribution is 2.47. The second-order valence-corrected chi connectivity index (χ2v) is 6.19. The van der Waals surface area contributed by atoms with Gasteiger partial charge in [0.15, 0.2) is 5.17 Å². The Labute approximate surface area is 115 Å². The van der Waals surface area contributed by atoms with Crippen molar-refractivity contribution in [1.29, 1.82) is 0 Å². The van der Waals surface area contributed by atoms with E-state index in [-0.39, 0.29) is 0 Å². The number of benzene rings is 1. The van der Waals surface area contributed by atoms with Crippen LogP contribution in [0.3, 0.4) is 0 Å². The first-order valence-corrected chi connectivity index (χ1v) is 7.25. The summed E-state index contributed by atoms with van der Waals surface area (Å²) in [5.41, 5.74) is 10.8. The number of aryl methyl sites for hydroxylation is 1. The molecule has 19 heavy (non-hydrogen) atoms. The third-order valence-corrected chi connectivity index (χ3v) is 4.96. The fourth-order valence-electron chi connectivity index (χ4n) is 2.93. The van der Waals surface area contributed by atoms with E-state index in [0.29, 0.717) is 16.5 Å². The first kappa shape index (κ1) is 11.1. The lowest BCUT2D eigenvalue weighted by atomic mass is 10.2. The maximum absolute atomic E-state index is 5.85. The average Bonchev–Trinajstić information content (AvgIpc) is 3.00. The summed E-state index contributed by atoms with van der Waals surface area (Å²) in [4.78, 5) is 4.51. The second kappa shape index (κ2) is 3.87. The molecule has 2 atom stereocenters. The summed E-state index contributed by atoms with van der Waals surface area (Å²) in [5, 5.41) is 5.60. The third-order valence-electron chi connectivity index (χ3n) is 3.82. The summed E-state index contributed by atoms with van der Waals surface area (Å²) in [6.45, 7) is 2.11. The Bertz CT molecular complexity index is 689. The van der Waals surface area contributed by atoms with Crippen LogP contribution in [-0.2, 0) is 6.42 Å². The summed E-state index contributed by atoms with van der Waals surface area (Å²) < 4.78 is 2.07. The molecule has 1 aromatic carbocycles. The highest BCUT2D eigenvalue weighted by molar-refractivity contribution is 8.14. The van der Waals surface area contributed by atoms with Crippen LogP contribution < -0.4 is 5.73 Å². The van der Waals surface area contributed by atoms with Gasteiger partial charge in [-0.25, -0.2) is 4.68 Å². The molecule has 1 aromatic heterocycles. The van der Waals surface area contributed by atoms with Crippen LogP contribution in [0.2, 0.25) is 0 Å². The number of hydrogen-bond donors (Lipinski definition) is 1. The van der Waals surface area contributed by atoms with Crippen molar-refractivity contribution in [2.24, 2.45) is 10.7 Å². The van der Waals surface area contributed by atoms with Crippen LogP contribution in [0.1, 0.15) is 22.1 Å². The molecule has 5 heteroatoms. The van der Waals surface area contributed by atoms with Gasteiger partial charge in [-0.2, -0.15) is 5.10 Å². The summed E-state index contributed by atoms with van der Waals surface area (Å²) in [6, 6.07) is 8.63. The Hall–Kier alpha value is -1.75. The Morgan fingerprint density at radius 2 is 2.21 bits per heavy atom. The molecule has 2 aliphatic rings. The van der Waals surface area contributed by atoms with Crippen molar-refractivity contribution < 1.29 is 0 Å². The monoisotopic (exact) mass is 270 g/mol. The number of aliphatic imine (C=N–C) groups is 1. The minimum Gasteiger partial charge on any atom is -0.379 e. The van der Waals surface area contributed by atoms with Crippen LogP contribution in [0.4, 0.5) is 0 Å². The van der Waals surface area contributed by atoms with Crippen LogP contribution in [0.15, 0.2) is 35.5 Å². The van der Waals surface area contributed by atoms with E-state index in [9.17, 15) is 0 Å². The van der Waals surface area contributed by atoms with Gasteiger partial charge in [0, 0.05) is 0 Å². The molecule has 0 saturated heterocycles. The van der Waals surface area contributed by atoms with E-state index in [2.05, 4.69) is 46.0 Å². The molecule has 4 rings (SSSR count). The first-order chi connectivity index (χ1) is 9.24.